The van der Waals surface area contributed by atoms with Crippen molar-refractivity contribution in [2.45, 2.75) is 37.5 Å². The highest BCUT2D eigenvalue weighted by molar-refractivity contribution is 4.91. The third-order valence-electron chi connectivity index (χ3n) is 2.96. The van der Waals surface area contributed by atoms with Crippen LogP contribution in [0.1, 0.15) is 25.7 Å². The van der Waals surface area contributed by atoms with Crippen LogP contribution in [-0.2, 0) is 0 Å². The SMILES string of the molecule is OC1(CN2CC(F)C2)CCCC1. The summed E-state index contributed by atoms with van der Waals surface area (Å²) in [5.41, 5.74) is -0.486. The van der Waals surface area contributed by atoms with Crippen molar-refractivity contribution >= 4 is 0 Å². The topological polar surface area (TPSA) is 23.5 Å². The molecule has 2 fully saturated rings. The standard InChI is InChI=1S/C9H16FNO/c10-8-5-11(6-8)7-9(12)3-1-2-4-9/h8,12H,1-7H2. The Balaban J connectivity index is 1.78. The number of likely N-dealkylation sites (tertiary alicyclic amines) is 1. The Kier molecular flexibility index (Phi) is 2.09. The molecule has 1 heterocycles. The van der Waals surface area contributed by atoms with Gasteiger partial charge in [0.15, 0.2) is 0 Å². The van der Waals surface area contributed by atoms with Crippen LogP contribution in [0.4, 0.5) is 4.39 Å². The Labute approximate surface area is 72.4 Å². The van der Waals surface area contributed by atoms with Gasteiger partial charge in [0.1, 0.15) is 6.17 Å². The maximum atomic E-state index is 12.4. The Bertz CT molecular complexity index is 162. The molecule has 0 amide bonds. The van der Waals surface area contributed by atoms with E-state index in [0.29, 0.717) is 19.6 Å². The van der Waals surface area contributed by atoms with Gasteiger partial charge in [-0.1, -0.05) is 12.8 Å². The molecule has 1 aliphatic carbocycles. The molecule has 0 aromatic carbocycles. The van der Waals surface area contributed by atoms with Gasteiger partial charge in [-0.2, -0.15) is 0 Å². The number of nitrogens with zero attached hydrogens (tertiary/aromatic N) is 1. The van der Waals surface area contributed by atoms with Gasteiger partial charge < -0.3 is 5.11 Å². The summed E-state index contributed by atoms with van der Waals surface area (Å²) in [4.78, 5) is 2.01. The van der Waals surface area contributed by atoms with Crippen molar-refractivity contribution in [1.82, 2.24) is 4.90 Å². The van der Waals surface area contributed by atoms with Crippen molar-refractivity contribution in [1.29, 1.82) is 0 Å². The molecule has 12 heavy (non-hydrogen) atoms. The van der Waals surface area contributed by atoms with E-state index in [2.05, 4.69) is 0 Å². The summed E-state index contributed by atoms with van der Waals surface area (Å²) in [6.07, 6.45) is 3.42. The largest absolute Gasteiger partial charge is 0.389 e. The Hall–Kier alpha value is -0.150. The molecule has 0 aromatic rings. The van der Waals surface area contributed by atoms with Crippen LogP contribution in [0, 0.1) is 0 Å². The van der Waals surface area contributed by atoms with Crippen molar-refractivity contribution in [3.05, 3.63) is 0 Å². The van der Waals surface area contributed by atoms with Gasteiger partial charge in [0.25, 0.3) is 0 Å². The van der Waals surface area contributed by atoms with Crippen LogP contribution in [0.5, 0.6) is 0 Å². The van der Waals surface area contributed by atoms with E-state index in [9.17, 15) is 9.50 Å². The predicted octanol–water partition coefficient (Wildman–Crippen LogP) is 0.945. The molecule has 0 bridgehead atoms. The Morgan fingerprint density at radius 2 is 1.92 bits per heavy atom. The molecule has 0 radical (unpaired) electrons. The highest BCUT2D eigenvalue weighted by Gasteiger charge is 2.37. The fourth-order valence-electron chi connectivity index (χ4n) is 2.24. The third kappa shape index (κ3) is 1.62. The number of halogens is 1. The first-order chi connectivity index (χ1) is 5.68. The maximum absolute atomic E-state index is 12.4. The van der Waals surface area contributed by atoms with E-state index in [1.54, 1.807) is 0 Å². The number of aliphatic hydroxyl groups is 1. The lowest BCUT2D eigenvalue weighted by molar-refractivity contribution is -0.0338. The molecule has 1 N–H and O–H groups in total. The van der Waals surface area contributed by atoms with Gasteiger partial charge in [-0.25, -0.2) is 4.39 Å². The number of hydrogen-bond donors (Lipinski definition) is 1. The molecule has 70 valence electrons. The number of alkyl halides is 1. The van der Waals surface area contributed by atoms with Crippen LogP contribution >= 0.6 is 0 Å². The van der Waals surface area contributed by atoms with Crippen LogP contribution < -0.4 is 0 Å². The summed E-state index contributed by atoms with van der Waals surface area (Å²) in [6, 6.07) is 0. The summed E-state index contributed by atoms with van der Waals surface area (Å²) in [6.45, 7) is 1.75. The van der Waals surface area contributed by atoms with E-state index in [4.69, 9.17) is 0 Å². The summed E-state index contributed by atoms with van der Waals surface area (Å²) >= 11 is 0. The number of rotatable bonds is 2. The number of hydrogen-bond acceptors (Lipinski definition) is 2. The quantitative estimate of drug-likeness (QED) is 0.672. The fraction of sp³-hybridized carbons (Fsp3) is 1.00. The molecule has 1 saturated heterocycles. The van der Waals surface area contributed by atoms with Crippen molar-refractivity contribution in [3.63, 3.8) is 0 Å². The summed E-state index contributed by atoms with van der Waals surface area (Å²) in [7, 11) is 0. The Morgan fingerprint density at radius 1 is 1.33 bits per heavy atom. The molecule has 2 aliphatic rings. The second-order valence-corrected chi connectivity index (χ2v) is 4.22. The average Bonchev–Trinajstić information content (AvgIpc) is 2.33. The van der Waals surface area contributed by atoms with Crippen LogP contribution in [0.15, 0.2) is 0 Å². The second-order valence-electron chi connectivity index (χ2n) is 4.22. The normalized spacial score (nSPS) is 30.5. The minimum Gasteiger partial charge on any atom is -0.389 e. The van der Waals surface area contributed by atoms with Gasteiger partial charge in [-0.3, -0.25) is 4.90 Å². The zero-order valence-electron chi connectivity index (χ0n) is 7.30. The minimum absolute atomic E-state index is 0.486. The molecule has 1 aliphatic heterocycles. The smallest absolute Gasteiger partial charge is 0.125 e. The van der Waals surface area contributed by atoms with E-state index in [0.717, 1.165) is 25.7 Å². The lowest BCUT2D eigenvalue weighted by atomic mass is 9.99. The zero-order valence-corrected chi connectivity index (χ0v) is 7.30. The minimum atomic E-state index is -0.644. The average molecular weight is 173 g/mol. The van der Waals surface area contributed by atoms with Crippen molar-refractivity contribution in [2.24, 2.45) is 0 Å². The van der Waals surface area contributed by atoms with Crippen LogP contribution in [0.2, 0.25) is 0 Å². The van der Waals surface area contributed by atoms with Gasteiger partial charge in [0, 0.05) is 19.6 Å². The summed E-state index contributed by atoms with van der Waals surface area (Å²) in [5, 5.41) is 9.95. The molecular weight excluding hydrogens is 157 g/mol. The lowest BCUT2D eigenvalue weighted by Crippen LogP contribution is -2.54. The highest BCUT2D eigenvalue weighted by Crippen LogP contribution is 2.31. The molecule has 2 rings (SSSR count). The predicted molar refractivity (Wildman–Crippen MR) is 44.8 cm³/mol. The molecule has 0 unspecified atom stereocenters. The Morgan fingerprint density at radius 3 is 2.42 bits per heavy atom. The van der Waals surface area contributed by atoms with Crippen LogP contribution in [0.3, 0.4) is 0 Å². The van der Waals surface area contributed by atoms with Crippen molar-refractivity contribution in [3.8, 4) is 0 Å². The fourth-order valence-corrected chi connectivity index (χ4v) is 2.24. The first-order valence-corrected chi connectivity index (χ1v) is 4.77. The van der Waals surface area contributed by atoms with Crippen molar-refractivity contribution in [2.75, 3.05) is 19.6 Å². The molecule has 0 spiro atoms. The molecule has 3 heteroatoms. The van der Waals surface area contributed by atoms with Gasteiger partial charge in [-0.15, -0.1) is 0 Å². The van der Waals surface area contributed by atoms with Crippen molar-refractivity contribution < 1.29 is 9.50 Å². The first-order valence-electron chi connectivity index (χ1n) is 4.77. The van der Waals surface area contributed by atoms with Gasteiger partial charge >= 0.3 is 0 Å². The van der Waals surface area contributed by atoms with Gasteiger partial charge in [0.05, 0.1) is 5.60 Å². The van der Waals surface area contributed by atoms with E-state index >= 15 is 0 Å². The highest BCUT2D eigenvalue weighted by atomic mass is 19.1. The third-order valence-corrected chi connectivity index (χ3v) is 2.96. The lowest BCUT2D eigenvalue weighted by Gasteiger charge is -2.39. The molecule has 2 nitrogen and oxygen atoms in total. The zero-order chi connectivity index (χ0) is 8.60. The van der Waals surface area contributed by atoms with Gasteiger partial charge in [0.2, 0.25) is 0 Å². The monoisotopic (exact) mass is 173 g/mol. The molecule has 1 saturated carbocycles. The molecule has 0 atom stereocenters. The van der Waals surface area contributed by atoms with Gasteiger partial charge in [-0.05, 0) is 12.8 Å². The second kappa shape index (κ2) is 2.96. The maximum Gasteiger partial charge on any atom is 0.125 e. The summed E-state index contributed by atoms with van der Waals surface area (Å²) < 4.78 is 12.4. The van der Waals surface area contributed by atoms with E-state index in [1.165, 1.54) is 0 Å². The summed E-state index contributed by atoms with van der Waals surface area (Å²) in [5.74, 6) is 0. The van der Waals surface area contributed by atoms with E-state index < -0.39 is 11.8 Å². The van der Waals surface area contributed by atoms with E-state index in [1.807, 2.05) is 4.90 Å². The number of β-amino-alcohol motifs (C(OH)–C–C–N with tert-alkyl or cyclic N) is 1. The van der Waals surface area contributed by atoms with Crippen LogP contribution in [0.25, 0.3) is 0 Å². The first kappa shape index (κ1) is 8.45. The van der Waals surface area contributed by atoms with E-state index in [-0.39, 0.29) is 0 Å². The van der Waals surface area contributed by atoms with Crippen LogP contribution in [-0.4, -0.2) is 41.4 Å². The molecule has 0 aromatic heterocycles. The molecular formula is C9H16FNO.